The Hall–Kier alpha value is -2.26. The highest BCUT2D eigenvalue weighted by molar-refractivity contribution is 5.86. The third-order valence-corrected chi connectivity index (χ3v) is 4.49. The number of aliphatic hydroxyl groups excluding tert-OH is 1. The van der Waals surface area contributed by atoms with Gasteiger partial charge in [0.2, 0.25) is 0 Å². The molecule has 0 fully saturated rings. The number of para-hydroxylation sites is 2. The highest BCUT2D eigenvalue weighted by atomic mass is 16.5. The highest BCUT2D eigenvalue weighted by Gasteiger charge is 2.23. The molecule has 0 spiro atoms. The summed E-state index contributed by atoms with van der Waals surface area (Å²) in [5.74, 6) is 0.719. The molecule has 1 aromatic heterocycles. The molecular weight excluding hydrogens is 274 g/mol. The Kier molecular flexibility index (Phi) is 3.90. The second-order valence-corrected chi connectivity index (χ2v) is 5.55. The maximum Gasteiger partial charge on any atom is 0.122 e. The largest absolute Gasteiger partial charge is 0.496 e. The first-order valence-electron chi connectivity index (χ1n) is 7.46. The van der Waals surface area contributed by atoms with E-state index in [9.17, 15) is 5.11 Å². The van der Waals surface area contributed by atoms with E-state index in [-0.39, 0.29) is 12.5 Å². The Bertz CT molecular complexity index is 804. The van der Waals surface area contributed by atoms with Crippen LogP contribution < -0.4 is 4.74 Å². The molecule has 0 aliphatic carbocycles. The number of ether oxygens (including phenoxy) is 1. The van der Waals surface area contributed by atoms with Crippen LogP contribution in [-0.2, 0) is 7.05 Å². The average Bonchev–Trinajstić information content (AvgIpc) is 2.82. The Morgan fingerprint density at radius 2 is 1.77 bits per heavy atom. The fraction of sp³-hybridized carbons (Fsp3) is 0.263. The highest BCUT2D eigenvalue weighted by Crippen LogP contribution is 2.38. The first-order valence-corrected chi connectivity index (χ1v) is 7.46. The van der Waals surface area contributed by atoms with E-state index in [1.165, 1.54) is 22.2 Å². The molecule has 1 unspecified atom stereocenters. The van der Waals surface area contributed by atoms with Crippen molar-refractivity contribution in [1.29, 1.82) is 0 Å². The van der Waals surface area contributed by atoms with Crippen LogP contribution in [-0.4, -0.2) is 23.4 Å². The van der Waals surface area contributed by atoms with Gasteiger partial charge >= 0.3 is 0 Å². The summed E-state index contributed by atoms with van der Waals surface area (Å²) < 4.78 is 7.67. The van der Waals surface area contributed by atoms with Gasteiger partial charge in [0.15, 0.2) is 0 Å². The van der Waals surface area contributed by atoms with Gasteiger partial charge in [-0.15, -0.1) is 0 Å². The van der Waals surface area contributed by atoms with Gasteiger partial charge in [-0.05, 0) is 24.6 Å². The molecule has 0 aliphatic rings. The number of aryl methyl sites for hydroxylation is 1. The number of hydrogen-bond donors (Lipinski definition) is 1. The number of fused-ring (bicyclic) bond motifs is 1. The summed E-state index contributed by atoms with van der Waals surface area (Å²) in [6.07, 6.45) is 0. The van der Waals surface area contributed by atoms with E-state index in [0.717, 1.165) is 11.3 Å². The van der Waals surface area contributed by atoms with Crippen LogP contribution in [0.15, 0.2) is 48.5 Å². The van der Waals surface area contributed by atoms with Gasteiger partial charge in [-0.3, -0.25) is 0 Å². The number of nitrogens with zero attached hydrogens (tertiary/aromatic N) is 1. The van der Waals surface area contributed by atoms with E-state index < -0.39 is 0 Å². The topological polar surface area (TPSA) is 34.4 Å². The molecule has 2 aromatic carbocycles. The monoisotopic (exact) mass is 295 g/mol. The minimum absolute atomic E-state index is 0.0508. The molecule has 3 heteroatoms. The van der Waals surface area contributed by atoms with Crippen LogP contribution in [0.4, 0.5) is 0 Å². The van der Waals surface area contributed by atoms with Gasteiger partial charge in [-0.1, -0.05) is 36.4 Å². The molecule has 0 saturated heterocycles. The molecule has 22 heavy (non-hydrogen) atoms. The zero-order valence-electron chi connectivity index (χ0n) is 13.2. The third kappa shape index (κ3) is 2.18. The predicted molar refractivity (Wildman–Crippen MR) is 89.6 cm³/mol. The molecule has 0 bridgehead atoms. The van der Waals surface area contributed by atoms with Crippen molar-refractivity contribution in [2.75, 3.05) is 13.7 Å². The van der Waals surface area contributed by atoms with Crippen molar-refractivity contribution in [2.45, 2.75) is 12.8 Å². The quantitative estimate of drug-likeness (QED) is 0.797. The summed E-state index contributed by atoms with van der Waals surface area (Å²) in [5, 5.41) is 11.3. The zero-order chi connectivity index (χ0) is 15.7. The molecule has 0 saturated carbocycles. The molecule has 0 radical (unpaired) electrons. The lowest BCUT2D eigenvalue weighted by atomic mass is 9.89. The van der Waals surface area contributed by atoms with Crippen LogP contribution >= 0.6 is 0 Å². The molecule has 1 atom stereocenters. The number of aromatic nitrogens is 1. The summed E-state index contributed by atoms with van der Waals surface area (Å²) in [6, 6.07) is 16.2. The van der Waals surface area contributed by atoms with Gasteiger partial charge in [0, 0.05) is 35.1 Å². The van der Waals surface area contributed by atoms with Crippen LogP contribution in [0.3, 0.4) is 0 Å². The molecule has 1 heterocycles. The Labute approximate surface area is 130 Å². The first kappa shape index (κ1) is 14.7. The third-order valence-electron chi connectivity index (χ3n) is 4.49. The second kappa shape index (κ2) is 5.85. The number of methoxy groups -OCH3 is 1. The van der Waals surface area contributed by atoms with E-state index in [1.807, 2.05) is 36.4 Å². The molecule has 1 N–H and O–H groups in total. The summed E-state index contributed by atoms with van der Waals surface area (Å²) >= 11 is 0. The molecule has 3 aromatic rings. The molecule has 3 rings (SSSR count). The molecule has 3 nitrogen and oxygen atoms in total. The summed E-state index contributed by atoms with van der Waals surface area (Å²) in [6.45, 7) is 2.16. The van der Waals surface area contributed by atoms with Crippen molar-refractivity contribution >= 4 is 10.9 Å². The maximum absolute atomic E-state index is 10.1. The normalized spacial score (nSPS) is 12.5. The Balaban J connectivity index is 2.26. The molecule has 114 valence electrons. The fourth-order valence-corrected chi connectivity index (χ4v) is 3.29. The van der Waals surface area contributed by atoms with Crippen LogP contribution in [0, 0.1) is 6.92 Å². The lowest BCUT2D eigenvalue weighted by Gasteiger charge is -2.19. The zero-order valence-corrected chi connectivity index (χ0v) is 13.2. The van der Waals surface area contributed by atoms with Crippen molar-refractivity contribution in [2.24, 2.45) is 7.05 Å². The second-order valence-electron chi connectivity index (χ2n) is 5.55. The average molecular weight is 295 g/mol. The van der Waals surface area contributed by atoms with Crippen LogP contribution in [0.5, 0.6) is 5.75 Å². The lowest BCUT2D eigenvalue weighted by Crippen LogP contribution is -2.09. The maximum atomic E-state index is 10.1. The minimum atomic E-state index is -0.0951. The van der Waals surface area contributed by atoms with Crippen molar-refractivity contribution in [3.63, 3.8) is 0 Å². The van der Waals surface area contributed by atoms with Gasteiger partial charge in [0.1, 0.15) is 5.75 Å². The number of aliphatic hydroxyl groups is 1. The van der Waals surface area contributed by atoms with Gasteiger partial charge in [-0.25, -0.2) is 0 Å². The number of hydrogen-bond acceptors (Lipinski definition) is 2. The Morgan fingerprint density at radius 1 is 1.09 bits per heavy atom. The fourth-order valence-electron chi connectivity index (χ4n) is 3.29. The first-order chi connectivity index (χ1) is 10.7. The van der Waals surface area contributed by atoms with Crippen LogP contribution in [0.2, 0.25) is 0 Å². The van der Waals surface area contributed by atoms with Gasteiger partial charge in [0.25, 0.3) is 0 Å². The predicted octanol–water partition coefficient (Wildman–Crippen LogP) is 3.62. The summed E-state index contributed by atoms with van der Waals surface area (Å²) in [7, 11) is 3.74. The standard InChI is InChI=1S/C19H21NO2/c1-13-19(15-9-4-6-10-17(15)20(13)2)16(12-21)14-8-5-7-11-18(14)22-3/h4-11,16,21H,12H2,1-3H3. The van der Waals surface area contributed by atoms with Gasteiger partial charge in [-0.2, -0.15) is 0 Å². The lowest BCUT2D eigenvalue weighted by molar-refractivity contribution is 0.277. The molecular formula is C19H21NO2. The van der Waals surface area contributed by atoms with E-state index in [4.69, 9.17) is 4.74 Å². The van der Waals surface area contributed by atoms with Crippen molar-refractivity contribution in [3.05, 3.63) is 65.4 Å². The number of rotatable bonds is 4. The van der Waals surface area contributed by atoms with Crippen LogP contribution in [0.1, 0.15) is 22.7 Å². The Morgan fingerprint density at radius 3 is 2.50 bits per heavy atom. The smallest absolute Gasteiger partial charge is 0.122 e. The molecule has 0 amide bonds. The van der Waals surface area contributed by atoms with Crippen LogP contribution in [0.25, 0.3) is 10.9 Å². The van der Waals surface area contributed by atoms with Gasteiger partial charge < -0.3 is 14.4 Å². The SMILES string of the molecule is COc1ccccc1C(CO)c1c(C)n(C)c2ccccc12. The summed E-state index contributed by atoms with van der Waals surface area (Å²) in [4.78, 5) is 0. The summed E-state index contributed by atoms with van der Waals surface area (Å²) in [5.41, 5.74) is 4.55. The van der Waals surface area contributed by atoms with Gasteiger partial charge in [0.05, 0.1) is 13.7 Å². The van der Waals surface area contributed by atoms with Crippen molar-refractivity contribution in [1.82, 2.24) is 4.57 Å². The molecule has 0 aliphatic heterocycles. The van der Waals surface area contributed by atoms with Crippen molar-refractivity contribution < 1.29 is 9.84 Å². The minimum Gasteiger partial charge on any atom is -0.496 e. The van der Waals surface area contributed by atoms with Crippen molar-refractivity contribution in [3.8, 4) is 5.75 Å². The van der Waals surface area contributed by atoms with E-state index >= 15 is 0 Å². The van der Waals surface area contributed by atoms with E-state index in [0.29, 0.717) is 0 Å². The van der Waals surface area contributed by atoms with E-state index in [2.05, 4.69) is 30.7 Å². The number of benzene rings is 2. The van der Waals surface area contributed by atoms with E-state index in [1.54, 1.807) is 7.11 Å².